The molecule has 3 unspecified atom stereocenters. The van der Waals surface area contributed by atoms with E-state index in [9.17, 15) is 4.79 Å². The van der Waals surface area contributed by atoms with Gasteiger partial charge < -0.3 is 14.8 Å². The molecule has 1 N–H and O–H groups in total. The third-order valence-corrected chi connectivity index (χ3v) is 3.59. The molecule has 1 aromatic heterocycles. The van der Waals surface area contributed by atoms with Crippen LogP contribution in [-0.2, 0) is 4.74 Å². The Morgan fingerprint density at radius 2 is 2.45 bits per heavy atom. The molecule has 0 bridgehead atoms. The fourth-order valence-electron chi connectivity index (χ4n) is 2.08. The van der Waals surface area contributed by atoms with Crippen LogP contribution in [0.3, 0.4) is 0 Å². The van der Waals surface area contributed by atoms with Gasteiger partial charge in [0.05, 0.1) is 18.2 Å². The van der Waals surface area contributed by atoms with E-state index in [-0.39, 0.29) is 24.2 Å². The molecule has 3 atom stereocenters. The number of rotatable bonds is 5. The molecule has 5 nitrogen and oxygen atoms in total. The average Bonchev–Trinajstić information content (AvgIpc) is 2.84. The molecule has 0 spiro atoms. The molecule has 1 amide bonds. The highest BCUT2D eigenvalue weighted by Gasteiger charge is 2.26. The molecule has 1 aliphatic heterocycles. The Morgan fingerprint density at radius 1 is 1.65 bits per heavy atom. The van der Waals surface area contributed by atoms with Crippen LogP contribution in [0.4, 0.5) is 0 Å². The Hall–Kier alpha value is -1.62. The van der Waals surface area contributed by atoms with Gasteiger partial charge in [-0.25, -0.2) is 4.98 Å². The zero-order valence-corrected chi connectivity index (χ0v) is 12.3. The molecule has 110 valence electrons. The van der Waals surface area contributed by atoms with E-state index < -0.39 is 0 Å². The summed E-state index contributed by atoms with van der Waals surface area (Å²) in [4.78, 5) is 16.3. The Kier molecular flexibility index (Phi) is 4.95. The Morgan fingerprint density at radius 3 is 3.10 bits per heavy atom. The molecule has 0 radical (unpaired) electrons. The number of hydrogen-bond acceptors (Lipinski definition) is 4. The Bertz CT molecular complexity index is 464. The molecule has 2 rings (SSSR count). The summed E-state index contributed by atoms with van der Waals surface area (Å²) in [5.74, 6) is 0.381. The number of aromatic nitrogens is 1. The topological polar surface area (TPSA) is 60.5 Å². The summed E-state index contributed by atoms with van der Waals surface area (Å²) in [5.41, 5.74) is 0.567. The van der Waals surface area contributed by atoms with E-state index in [1.165, 1.54) is 0 Å². The predicted molar refractivity (Wildman–Crippen MR) is 75.9 cm³/mol. The van der Waals surface area contributed by atoms with Gasteiger partial charge in [0.25, 0.3) is 5.91 Å². The summed E-state index contributed by atoms with van der Waals surface area (Å²) in [5, 5.41) is 2.99. The van der Waals surface area contributed by atoms with Gasteiger partial charge in [0.1, 0.15) is 0 Å². The zero-order valence-electron chi connectivity index (χ0n) is 12.3. The van der Waals surface area contributed by atoms with Gasteiger partial charge >= 0.3 is 0 Å². The van der Waals surface area contributed by atoms with E-state index in [0.29, 0.717) is 18.1 Å². The van der Waals surface area contributed by atoms with Crippen LogP contribution in [0.5, 0.6) is 5.88 Å². The number of ether oxygens (including phenoxy) is 2. The lowest BCUT2D eigenvalue weighted by molar-refractivity contribution is 0.0865. The second-order valence-corrected chi connectivity index (χ2v) is 5.16. The third-order valence-electron chi connectivity index (χ3n) is 3.59. The first-order chi connectivity index (χ1) is 9.60. The van der Waals surface area contributed by atoms with Crippen molar-refractivity contribution in [3.8, 4) is 5.88 Å². The van der Waals surface area contributed by atoms with E-state index >= 15 is 0 Å². The van der Waals surface area contributed by atoms with Crippen molar-refractivity contribution in [1.29, 1.82) is 0 Å². The first kappa shape index (κ1) is 14.8. The minimum atomic E-state index is -0.108. The summed E-state index contributed by atoms with van der Waals surface area (Å²) >= 11 is 0. The van der Waals surface area contributed by atoms with Gasteiger partial charge in [-0.2, -0.15) is 0 Å². The van der Waals surface area contributed by atoms with Gasteiger partial charge in [0.15, 0.2) is 0 Å². The molecule has 20 heavy (non-hydrogen) atoms. The fraction of sp³-hybridized carbons (Fsp3) is 0.600. The summed E-state index contributed by atoms with van der Waals surface area (Å²) in [6, 6.07) is 3.45. The van der Waals surface area contributed by atoms with Gasteiger partial charge in [-0.3, -0.25) is 4.79 Å². The second kappa shape index (κ2) is 6.70. The normalized spacial score (nSPS) is 23.4. The van der Waals surface area contributed by atoms with Crippen LogP contribution in [0, 0.1) is 0 Å². The lowest BCUT2D eigenvalue weighted by Crippen LogP contribution is -2.39. The average molecular weight is 278 g/mol. The lowest BCUT2D eigenvalue weighted by Gasteiger charge is -2.16. The monoisotopic (exact) mass is 278 g/mol. The number of carbonyl (C=O) groups excluding carboxylic acids is 1. The summed E-state index contributed by atoms with van der Waals surface area (Å²) in [6.45, 7) is 6.70. The predicted octanol–water partition coefficient (Wildman–Crippen LogP) is 2.17. The third kappa shape index (κ3) is 3.70. The van der Waals surface area contributed by atoms with Crippen molar-refractivity contribution in [2.45, 2.75) is 51.9 Å². The van der Waals surface area contributed by atoms with Gasteiger partial charge in [0, 0.05) is 24.4 Å². The highest BCUT2D eigenvalue weighted by Crippen LogP contribution is 2.15. The van der Waals surface area contributed by atoms with E-state index in [1.54, 1.807) is 18.3 Å². The van der Waals surface area contributed by atoms with Crippen molar-refractivity contribution in [1.82, 2.24) is 10.3 Å². The first-order valence-corrected chi connectivity index (χ1v) is 7.15. The van der Waals surface area contributed by atoms with Crippen molar-refractivity contribution >= 4 is 5.91 Å². The van der Waals surface area contributed by atoms with Crippen molar-refractivity contribution in [2.24, 2.45) is 0 Å². The van der Waals surface area contributed by atoms with Crippen LogP contribution in [0.25, 0.3) is 0 Å². The number of nitrogens with one attached hydrogen (secondary N) is 1. The standard InChI is InChI=1S/C15H22N2O3/c1-4-10(2)20-14-9-12(5-7-16-14)15(18)17-13-6-8-19-11(13)3/h5,7,9-11,13H,4,6,8H2,1-3H3,(H,17,18). The van der Waals surface area contributed by atoms with Crippen molar-refractivity contribution < 1.29 is 14.3 Å². The van der Waals surface area contributed by atoms with Crippen LogP contribution in [0.1, 0.15) is 44.0 Å². The molecule has 1 aromatic rings. The minimum absolute atomic E-state index is 0.0663. The fourth-order valence-corrected chi connectivity index (χ4v) is 2.08. The van der Waals surface area contributed by atoms with Crippen LogP contribution in [0.2, 0.25) is 0 Å². The van der Waals surface area contributed by atoms with Gasteiger partial charge in [0.2, 0.25) is 5.88 Å². The van der Waals surface area contributed by atoms with Crippen LogP contribution in [-0.4, -0.2) is 35.7 Å². The number of carbonyl (C=O) groups is 1. The Labute approximate surface area is 119 Å². The molecule has 0 saturated carbocycles. The smallest absolute Gasteiger partial charge is 0.251 e. The molecular weight excluding hydrogens is 256 g/mol. The molecule has 5 heteroatoms. The maximum atomic E-state index is 12.2. The van der Waals surface area contributed by atoms with E-state index in [4.69, 9.17) is 9.47 Å². The molecular formula is C15H22N2O3. The minimum Gasteiger partial charge on any atom is -0.475 e. The first-order valence-electron chi connectivity index (χ1n) is 7.15. The largest absolute Gasteiger partial charge is 0.475 e. The molecule has 2 heterocycles. The van der Waals surface area contributed by atoms with Crippen LogP contribution in [0.15, 0.2) is 18.3 Å². The van der Waals surface area contributed by atoms with E-state index in [0.717, 1.165) is 12.8 Å². The molecule has 1 aliphatic rings. The maximum Gasteiger partial charge on any atom is 0.251 e. The highest BCUT2D eigenvalue weighted by molar-refractivity contribution is 5.94. The van der Waals surface area contributed by atoms with Crippen molar-refractivity contribution in [3.63, 3.8) is 0 Å². The molecule has 0 aliphatic carbocycles. The van der Waals surface area contributed by atoms with Crippen LogP contribution >= 0.6 is 0 Å². The molecule has 0 aromatic carbocycles. The number of pyridine rings is 1. The van der Waals surface area contributed by atoms with E-state index in [1.807, 2.05) is 20.8 Å². The van der Waals surface area contributed by atoms with Gasteiger partial charge in [-0.05, 0) is 32.8 Å². The summed E-state index contributed by atoms with van der Waals surface area (Å²) in [6.07, 6.45) is 3.51. The summed E-state index contributed by atoms with van der Waals surface area (Å²) < 4.78 is 11.1. The van der Waals surface area contributed by atoms with Crippen molar-refractivity contribution in [2.75, 3.05) is 6.61 Å². The highest BCUT2D eigenvalue weighted by atomic mass is 16.5. The van der Waals surface area contributed by atoms with E-state index in [2.05, 4.69) is 10.3 Å². The number of hydrogen-bond donors (Lipinski definition) is 1. The Balaban J connectivity index is 2.00. The zero-order chi connectivity index (χ0) is 14.5. The SMILES string of the molecule is CCC(C)Oc1cc(C(=O)NC2CCOC2C)ccn1. The quantitative estimate of drug-likeness (QED) is 0.896. The van der Waals surface area contributed by atoms with Crippen LogP contribution < -0.4 is 10.1 Å². The second-order valence-electron chi connectivity index (χ2n) is 5.16. The van der Waals surface area contributed by atoms with Crippen molar-refractivity contribution in [3.05, 3.63) is 23.9 Å². The number of nitrogens with zero attached hydrogens (tertiary/aromatic N) is 1. The van der Waals surface area contributed by atoms with Gasteiger partial charge in [-0.1, -0.05) is 6.92 Å². The van der Waals surface area contributed by atoms with Gasteiger partial charge in [-0.15, -0.1) is 0 Å². The lowest BCUT2D eigenvalue weighted by atomic mass is 10.1. The maximum absolute atomic E-state index is 12.2. The number of amides is 1. The summed E-state index contributed by atoms with van der Waals surface area (Å²) in [7, 11) is 0. The molecule has 1 fully saturated rings. The molecule has 1 saturated heterocycles.